The first kappa shape index (κ1) is 14.3. The van der Waals surface area contributed by atoms with E-state index in [4.69, 9.17) is 4.74 Å². The number of methoxy groups -OCH3 is 1. The molecule has 0 spiro atoms. The smallest absolute Gasteiger partial charge is 0.353 e. The first-order valence-electron chi connectivity index (χ1n) is 5.82. The third-order valence-corrected chi connectivity index (χ3v) is 2.85. The van der Waals surface area contributed by atoms with Gasteiger partial charge < -0.3 is 19.5 Å². The zero-order valence-electron chi connectivity index (χ0n) is 10.9. The van der Waals surface area contributed by atoms with Gasteiger partial charge in [-0.2, -0.15) is 0 Å². The molecule has 21 heavy (non-hydrogen) atoms. The predicted octanol–water partition coefficient (Wildman–Crippen LogP) is 1.24. The van der Waals surface area contributed by atoms with Crippen LogP contribution in [0.4, 0.5) is 0 Å². The average Bonchev–Trinajstić information content (AvgIpc) is 2.46. The Morgan fingerprint density at radius 3 is 2.38 bits per heavy atom. The molecule has 1 aromatic heterocycles. The summed E-state index contributed by atoms with van der Waals surface area (Å²) in [5.74, 6) is -2.64. The number of carboxylic acids is 2. The van der Waals surface area contributed by atoms with Crippen molar-refractivity contribution in [2.45, 2.75) is 0 Å². The Hall–Kier alpha value is -3.09. The highest BCUT2D eigenvalue weighted by atomic mass is 16.5. The molecule has 2 rings (SSSR count). The first-order chi connectivity index (χ1) is 9.95. The summed E-state index contributed by atoms with van der Waals surface area (Å²) in [7, 11) is 1.27. The number of aromatic nitrogens is 1. The van der Waals surface area contributed by atoms with Gasteiger partial charge in [0.1, 0.15) is 5.69 Å². The maximum atomic E-state index is 11.7. The van der Waals surface area contributed by atoms with Crippen LogP contribution in [0.15, 0.2) is 41.3 Å². The Morgan fingerprint density at radius 1 is 1.14 bits per heavy atom. The van der Waals surface area contributed by atoms with Crippen LogP contribution in [0.2, 0.25) is 0 Å². The zero-order valence-corrected chi connectivity index (χ0v) is 10.9. The van der Waals surface area contributed by atoms with Gasteiger partial charge in [-0.15, -0.1) is 0 Å². The lowest BCUT2D eigenvalue weighted by Gasteiger charge is -2.14. The molecule has 2 N–H and O–H groups in total. The monoisotopic (exact) mass is 289 g/mol. The molecule has 2 aromatic rings. The van der Waals surface area contributed by atoms with Crippen LogP contribution < -0.4 is 10.2 Å². The van der Waals surface area contributed by atoms with Crippen LogP contribution in [-0.2, 0) is 0 Å². The highest BCUT2D eigenvalue weighted by molar-refractivity contribution is 5.93. The van der Waals surface area contributed by atoms with Crippen LogP contribution in [0.5, 0.6) is 5.75 Å². The van der Waals surface area contributed by atoms with Crippen molar-refractivity contribution < 1.29 is 24.5 Å². The lowest BCUT2D eigenvalue weighted by molar-refractivity contribution is 0.0675. The number of aromatic carboxylic acids is 2. The van der Waals surface area contributed by atoms with Crippen LogP contribution in [-0.4, -0.2) is 33.8 Å². The van der Waals surface area contributed by atoms with Crippen LogP contribution in [0, 0.1) is 0 Å². The maximum absolute atomic E-state index is 11.7. The van der Waals surface area contributed by atoms with Gasteiger partial charge in [0.25, 0.3) is 0 Å². The molecule has 0 unspecified atom stereocenters. The molecule has 0 saturated carbocycles. The molecular weight excluding hydrogens is 278 g/mol. The number of nitrogens with zero attached hydrogens (tertiary/aromatic N) is 1. The maximum Gasteiger partial charge on any atom is 0.353 e. The van der Waals surface area contributed by atoms with E-state index in [1.165, 1.54) is 25.3 Å². The van der Waals surface area contributed by atoms with Crippen LogP contribution in [0.25, 0.3) is 5.69 Å². The summed E-state index contributed by atoms with van der Waals surface area (Å²) < 4.78 is 5.97. The van der Waals surface area contributed by atoms with Gasteiger partial charge >= 0.3 is 11.9 Å². The molecule has 0 aliphatic heterocycles. The van der Waals surface area contributed by atoms with E-state index in [9.17, 15) is 24.6 Å². The van der Waals surface area contributed by atoms with Gasteiger partial charge in [0.05, 0.1) is 24.6 Å². The second kappa shape index (κ2) is 5.49. The van der Waals surface area contributed by atoms with Crippen molar-refractivity contribution in [3.63, 3.8) is 0 Å². The Morgan fingerprint density at radius 2 is 1.81 bits per heavy atom. The summed E-state index contributed by atoms with van der Waals surface area (Å²) in [5, 5.41) is 18.4. The first-order valence-corrected chi connectivity index (χ1v) is 5.82. The fourth-order valence-electron chi connectivity index (χ4n) is 1.90. The molecule has 0 bridgehead atoms. The van der Waals surface area contributed by atoms with E-state index in [-0.39, 0.29) is 22.7 Å². The molecule has 7 heteroatoms. The predicted molar refractivity (Wildman–Crippen MR) is 72.5 cm³/mol. The highest BCUT2D eigenvalue weighted by Crippen LogP contribution is 2.19. The lowest BCUT2D eigenvalue weighted by Crippen LogP contribution is -2.18. The third kappa shape index (κ3) is 2.62. The SMILES string of the molecule is COc1cn(-c2ccccc2C(=O)O)c(C(=O)O)cc1=O. The zero-order chi connectivity index (χ0) is 15.6. The second-order valence-electron chi connectivity index (χ2n) is 4.09. The van der Waals surface area contributed by atoms with Gasteiger partial charge in [-0.25, -0.2) is 9.59 Å². The lowest BCUT2D eigenvalue weighted by atomic mass is 10.1. The number of hydrogen-bond acceptors (Lipinski definition) is 4. The highest BCUT2D eigenvalue weighted by Gasteiger charge is 2.18. The minimum absolute atomic E-state index is 0.0832. The van der Waals surface area contributed by atoms with E-state index in [0.29, 0.717) is 0 Å². The van der Waals surface area contributed by atoms with E-state index in [2.05, 4.69) is 0 Å². The molecule has 0 fully saturated rings. The van der Waals surface area contributed by atoms with Crippen molar-refractivity contribution >= 4 is 11.9 Å². The number of rotatable bonds is 4. The van der Waals surface area contributed by atoms with Gasteiger partial charge in [0.15, 0.2) is 5.75 Å². The molecule has 7 nitrogen and oxygen atoms in total. The van der Waals surface area contributed by atoms with Crippen LogP contribution >= 0.6 is 0 Å². The molecule has 0 saturated heterocycles. The quantitative estimate of drug-likeness (QED) is 0.877. The molecule has 108 valence electrons. The molecular formula is C14H11NO6. The summed E-state index contributed by atoms with van der Waals surface area (Å²) in [6.07, 6.45) is 1.16. The topological polar surface area (TPSA) is 106 Å². The molecule has 0 radical (unpaired) electrons. The average molecular weight is 289 g/mol. The third-order valence-electron chi connectivity index (χ3n) is 2.85. The van der Waals surface area contributed by atoms with Crippen molar-refractivity contribution in [3.05, 3.63) is 58.0 Å². The molecule has 0 atom stereocenters. The molecule has 0 amide bonds. The van der Waals surface area contributed by atoms with E-state index >= 15 is 0 Å². The largest absolute Gasteiger partial charge is 0.491 e. The number of benzene rings is 1. The van der Waals surface area contributed by atoms with E-state index < -0.39 is 17.4 Å². The second-order valence-corrected chi connectivity index (χ2v) is 4.09. The Kier molecular flexibility index (Phi) is 3.75. The van der Waals surface area contributed by atoms with E-state index in [1.54, 1.807) is 6.07 Å². The molecule has 1 heterocycles. The number of carboxylic acid groups (broad SMARTS) is 2. The number of para-hydroxylation sites is 1. The fourth-order valence-corrected chi connectivity index (χ4v) is 1.90. The van der Waals surface area contributed by atoms with Crippen molar-refractivity contribution in [3.8, 4) is 11.4 Å². The number of hydrogen-bond donors (Lipinski definition) is 2. The number of pyridine rings is 1. The van der Waals surface area contributed by atoms with Gasteiger partial charge in [0.2, 0.25) is 5.43 Å². The summed E-state index contributed by atoms with van der Waals surface area (Å²) in [5.41, 5.74) is -0.917. The van der Waals surface area contributed by atoms with Gasteiger partial charge in [-0.3, -0.25) is 4.79 Å². The van der Waals surface area contributed by atoms with Crippen LogP contribution in [0.3, 0.4) is 0 Å². The van der Waals surface area contributed by atoms with Crippen molar-refractivity contribution in [1.29, 1.82) is 0 Å². The number of ether oxygens (including phenoxy) is 1. The molecule has 1 aromatic carbocycles. The minimum Gasteiger partial charge on any atom is -0.491 e. The normalized spacial score (nSPS) is 10.1. The van der Waals surface area contributed by atoms with Crippen molar-refractivity contribution in [1.82, 2.24) is 4.57 Å². The molecule has 0 aliphatic carbocycles. The summed E-state index contributed by atoms with van der Waals surface area (Å²) in [6, 6.07) is 6.76. The summed E-state index contributed by atoms with van der Waals surface area (Å²) in [6.45, 7) is 0. The van der Waals surface area contributed by atoms with Crippen molar-refractivity contribution in [2.75, 3.05) is 7.11 Å². The summed E-state index contributed by atoms with van der Waals surface area (Å²) in [4.78, 5) is 34.2. The van der Waals surface area contributed by atoms with Gasteiger partial charge in [-0.1, -0.05) is 12.1 Å². The van der Waals surface area contributed by atoms with Gasteiger partial charge in [0, 0.05) is 6.07 Å². The minimum atomic E-state index is -1.35. The Bertz CT molecular complexity index is 777. The van der Waals surface area contributed by atoms with Crippen molar-refractivity contribution in [2.24, 2.45) is 0 Å². The number of carbonyl (C=O) groups is 2. The standard InChI is InChI=1S/C14H11NO6/c1-21-12-7-15(10(14(19)20)6-11(12)16)9-5-3-2-4-8(9)13(17)18/h2-7H,1H3,(H,17,18)(H,19,20). The Labute approximate surface area is 118 Å². The van der Waals surface area contributed by atoms with E-state index in [0.717, 1.165) is 16.8 Å². The molecule has 0 aliphatic rings. The fraction of sp³-hybridized carbons (Fsp3) is 0.0714. The van der Waals surface area contributed by atoms with Crippen LogP contribution in [0.1, 0.15) is 20.8 Å². The van der Waals surface area contributed by atoms with Gasteiger partial charge in [-0.05, 0) is 12.1 Å². The van der Waals surface area contributed by atoms with E-state index in [1.807, 2.05) is 0 Å². The Balaban J connectivity index is 2.82. The summed E-state index contributed by atoms with van der Waals surface area (Å²) >= 11 is 0.